The summed E-state index contributed by atoms with van der Waals surface area (Å²) in [4.78, 5) is 25.5. The Morgan fingerprint density at radius 1 is 1.20 bits per heavy atom. The maximum absolute atomic E-state index is 13.0. The molecule has 0 spiro atoms. The van der Waals surface area contributed by atoms with Crippen LogP contribution in [0.1, 0.15) is 39.2 Å². The highest BCUT2D eigenvalue weighted by Crippen LogP contribution is 2.14. The number of rotatable bonds is 5. The van der Waals surface area contributed by atoms with Crippen molar-refractivity contribution in [1.82, 2.24) is 15.5 Å². The Balaban J connectivity index is 1.88. The van der Waals surface area contributed by atoms with Gasteiger partial charge in [0.15, 0.2) is 0 Å². The van der Waals surface area contributed by atoms with Gasteiger partial charge < -0.3 is 15.5 Å². The number of nitrogens with zero attached hydrogens (tertiary/aromatic N) is 1. The van der Waals surface area contributed by atoms with E-state index in [0.29, 0.717) is 19.5 Å². The second-order valence-corrected chi connectivity index (χ2v) is 7.09. The fourth-order valence-corrected chi connectivity index (χ4v) is 3.09. The molecule has 1 heterocycles. The highest BCUT2D eigenvalue weighted by atomic mass is 19.1. The summed E-state index contributed by atoms with van der Waals surface area (Å²) in [5.41, 5.74) is 1.00. The Hall–Kier alpha value is -2.11. The van der Waals surface area contributed by atoms with Gasteiger partial charge in [0.25, 0.3) is 0 Å². The van der Waals surface area contributed by atoms with E-state index in [4.69, 9.17) is 0 Å². The lowest BCUT2D eigenvalue weighted by Gasteiger charge is -2.34. The molecule has 1 aliphatic rings. The van der Waals surface area contributed by atoms with Crippen molar-refractivity contribution < 1.29 is 14.0 Å². The Labute approximate surface area is 149 Å². The van der Waals surface area contributed by atoms with Gasteiger partial charge in [-0.3, -0.25) is 4.79 Å². The second kappa shape index (κ2) is 8.83. The third-order valence-corrected chi connectivity index (χ3v) is 4.67. The smallest absolute Gasteiger partial charge is 0.317 e. The lowest BCUT2D eigenvalue weighted by Crippen LogP contribution is -2.52. The van der Waals surface area contributed by atoms with Gasteiger partial charge in [0.2, 0.25) is 5.91 Å². The Morgan fingerprint density at radius 2 is 1.80 bits per heavy atom. The van der Waals surface area contributed by atoms with E-state index in [1.807, 2.05) is 0 Å². The Bertz CT molecular complexity index is 581. The molecule has 2 N–H and O–H groups in total. The third-order valence-electron chi connectivity index (χ3n) is 4.67. The van der Waals surface area contributed by atoms with Crippen molar-refractivity contribution in [3.8, 4) is 0 Å². The lowest BCUT2D eigenvalue weighted by molar-refractivity contribution is -0.119. The molecule has 25 heavy (non-hydrogen) atoms. The first kappa shape index (κ1) is 19.2. The van der Waals surface area contributed by atoms with E-state index >= 15 is 0 Å². The van der Waals surface area contributed by atoms with Crippen LogP contribution in [0.25, 0.3) is 0 Å². The zero-order valence-electron chi connectivity index (χ0n) is 15.2. The van der Waals surface area contributed by atoms with E-state index in [-0.39, 0.29) is 35.8 Å². The standard InChI is InChI=1S/C19H28FN3O2/c1-13(2)18(12-15-4-6-16(20)7-5-15)22-19(25)23-10-8-17(9-11-23)21-14(3)24/h4-7,13,17-18H,8-12H2,1-3H3,(H,21,24)(H,22,25)/t18-/m0/s1. The molecule has 1 aliphatic heterocycles. The molecular formula is C19H28FN3O2. The van der Waals surface area contributed by atoms with E-state index < -0.39 is 0 Å². The molecule has 2 rings (SSSR count). The minimum Gasteiger partial charge on any atom is -0.353 e. The van der Waals surface area contributed by atoms with Crippen LogP contribution in [0.4, 0.5) is 9.18 Å². The minimum absolute atomic E-state index is 0.00831. The highest BCUT2D eigenvalue weighted by Gasteiger charge is 2.25. The Kier molecular flexibility index (Phi) is 6.79. The summed E-state index contributed by atoms with van der Waals surface area (Å²) < 4.78 is 13.0. The van der Waals surface area contributed by atoms with Crippen molar-refractivity contribution in [2.45, 2.75) is 52.1 Å². The van der Waals surface area contributed by atoms with Crippen molar-refractivity contribution in [3.05, 3.63) is 35.6 Å². The summed E-state index contributed by atoms with van der Waals surface area (Å²) in [5.74, 6) is -0.0103. The molecule has 1 saturated heterocycles. The number of benzene rings is 1. The van der Waals surface area contributed by atoms with Crippen LogP contribution in [0.3, 0.4) is 0 Å². The molecule has 3 amide bonds. The first-order valence-corrected chi connectivity index (χ1v) is 8.92. The molecule has 138 valence electrons. The first-order valence-electron chi connectivity index (χ1n) is 8.92. The van der Waals surface area contributed by atoms with Crippen LogP contribution in [0.5, 0.6) is 0 Å². The van der Waals surface area contributed by atoms with Gasteiger partial charge in [-0.25, -0.2) is 9.18 Å². The average molecular weight is 349 g/mol. The molecule has 1 aromatic rings. The Morgan fingerprint density at radius 3 is 2.32 bits per heavy atom. The molecule has 0 aliphatic carbocycles. The van der Waals surface area contributed by atoms with Crippen LogP contribution in [-0.4, -0.2) is 42.0 Å². The van der Waals surface area contributed by atoms with E-state index in [0.717, 1.165) is 18.4 Å². The summed E-state index contributed by atoms with van der Waals surface area (Å²) in [6.45, 7) is 6.92. The quantitative estimate of drug-likeness (QED) is 0.859. The number of nitrogens with one attached hydrogen (secondary N) is 2. The average Bonchev–Trinajstić information content (AvgIpc) is 2.56. The van der Waals surface area contributed by atoms with Crippen molar-refractivity contribution in [3.63, 3.8) is 0 Å². The maximum Gasteiger partial charge on any atom is 0.317 e. The molecule has 0 saturated carbocycles. The summed E-state index contributed by atoms with van der Waals surface area (Å²) in [6.07, 6.45) is 2.22. The summed E-state index contributed by atoms with van der Waals surface area (Å²) >= 11 is 0. The number of carbonyl (C=O) groups is 2. The molecule has 0 bridgehead atoms. The number of amides is 3. The van der Waals surface area contributed by atoms with Gasteiger partial charge in [0, 0.05) is 32.1 Å². The molecular weight excluding hydrogens is 321 g/mol. The molecule has 1 atom stereocenters. The van der Waals surface area contributed by atoms with Crippen molar-refractivity contribution in [2.24, 2.45) is 5.92 Å². The first-order chi connectivity index (χ1) is 11.8. The molecule has 0 unspecified atom stereocenters. The van der Waals surface area contributed by atoms with E-state index in [2.05, 4.69) is 24.5 Å². The fourth-order valence-electron chi connectivity index (χ4n) is 3.09. The SMILES string of the molecule is CC(=O)NC1CCN(C(=O)N[C@@H](Cc2ccc(F)cc2)C(C)C)CC1. The van der Waals surface area contributed by atoms with Gasteiger partial charge in [0.1, 0.15) is 5.82 Å². The van der Waals surface area contributed by atoms with Gasteiger partial charge in [-0.15, -0.1) is 0 Å². The predicted molar refractivity (Wildman–Crippen MR) is 95.7 cm³/mol. The monoisotopic (exact) mass is 349 g/mol. The zero-order valence-corrected chi connectivity index (χ0v) is 15.2. The van der Waals surface area contributed by atoms with Crippen LogP contribution < -0.4 is 10.6 Å². The highest BCUT2D eigenvalue weighted by molar-refractivity contribution is 5.75. The van der Waals surface area contributed by atoms with Crippen LogP contribution in [-0.2, 0) is 11.2 Å². The van der Waals surface area contributed by atoms with E-state index in [1.165, 1.54) is 19.1 Å². The van der Waals surface area contributed by atoms with E-state index in [1.54, 1.807) is 17.0 Å². The summed E-state index contributed by atoms with van der Waals surface area (Å²) in [5, 5.41) is 6.02. The van der Waals surface area contributed by atoms with Crippen molar-refractivity contribution in [1.29, 1.82) is 0 Å². The number of urea groups is 1. The summed E-state index contributed by atoms with van der Waals surface area (Å²) in [6, 6.07) is 6.49. The third kappa shape index (κ3) is 6.03. The number of likely N-dealkylation sites (tertiary alicyclic amines) is 1. The molecule has 1 fully saturated rings. The van der Waals surface area contributed by atoms with Gasteiger partial charge in [-0.05, 0) is 42.9 Å². The summed E-state index contributed by atoms with van der Waals surface area (Å²) in [7, 11) is 0. The largest absolute Gasteiger partial charge is 0.353 e. The van der Waals surface area contributed by atoms with Gasteiger partial charge in [-0.1, -0.05) is 26.0 Å². The molecule has 0 radical (unpaired) electrons. The van der Waals surface area contributed by atoms with Gasteiger partial charge in [0.05, 0.1) is 0 Å². The van der Waals surface area contributed by atoms with Crippen molar-refractivity contribution in [2.75, 3.05) is 13.1 Å². The minimum atomic E-state index is -0.254. The zero-order chi connectivity index (χ0) is 18.4. The second-order valence-electron chi connectivity index (χ2n) is 7.09. The molecule has 0 aromatic heterocycles. The topological polar surface area (TPSA) is 61.4 Å². The van der Waals surface area contributed by atoms with Crippen LogP contribution in [0.2, 0.25) is 0 Å². The normalized spacial score (nSPS) is 16.6. The number of hydrogen-bond donors (Lipinski definition) is 2. The van der Waals surface area contributed by atoms with Crippen LogP contribution in [0.15, 0.2) is 24.3 Å². The van der Waals surface area contributed by atoms with Crippen LogP contribution >= 0.6 is 0 Å². The number of piperidine rings is 1. The maximum atomic E-state index is 13.0. The van der Waals surface area contributed by atoms with E-state index in [9.17, 15) is 14.0 Å². The predicted octanol–water partition coefficient (Wildman–Crippen LogP) is 2.70. The van der Waals surface area contributed by atoms with Gasteiger partial charge in [-0.2, -0.15) is 0 Å². The van der Waals surface area contributed by atoms with Crippen molar-refractivity contribution >= 4 is 11.9 Å². The number of halogens is 1. The fraction of sp³-hybridized carbons (Fsp3) is 0.579. The number of carbonyl (C=O) groups excluding carboxylic acids is 2. The number of hydrogen-bond acceptors (Lipinski definition) is 2. The molecule has 6 heteroatoms. The van der Waals surface area contributed by atoms with Gasteiger partial charge >= 0.3 is 6.03 Å². The lowest BCUT2D eigenvalue weighted by atomic mass is 9.96. The molecule has 1 aromatic carbocycles. The molecule has 5 nitrogen and oxygen atoms in total. The van der Waals surface area contributed by atoms with Crippen LogP contribution in [0, 0.1) is 11.7 Å².